The largest absolute Gasteiger partial charge is 0.491 e. The van der Waals surface area contributed by atoms with Gasteiger partial charge in [0.1, 0.15) is 24.4 Å². The Hall–Kier alpha value is -3.83. The van der Waals surface area contributed by atoms with Crippen molar-refractivity contribution in [3.63, 3.8) is 0 Å². The van der Waals surface area contributed by atoms with E-state index in [4.69, 9.17) is 4.74 Å². The summed E-state index contributed by atoms with van der Waals surface area (Å²) in [5, 5.41) is 10.9. The lowest BCUT2D eigenvalue weighted by molar-refractivity contribution is -0.140. The van der Waals surface area contributed by atoms with Crippen LogP contribution in [-0.2, 0) is 14.4 Å². The van der Waals surface area contributed by atoms with Crippen molar-refractivity contribution < 1.29 is 28.7 Å². The molecule has 2 fully saturated rings. The third-order valence-corrected chi connectivity index (χ3v) is 6.29. The first kappa shape index (κ1) is 24.3. The lowest BCUT2D eigenvalue weighted by Crippen LogP contribution is -2.53. The fourth-order valence-electron chi connectivity index (χ4n) is 4.47. The van der Waals surface area contributed by atoms with Crippen LogP contribution in [0.15, 0.2) is 24.3 Å². The molecule has 0 aliphatic carbocycles. The average molecular weight is 487 g/mol. The molecule has 0 spiro atoms. The van der Waals surface area contributed by atoms with E-state index in [-0.39, 0.29) is 49.5 Å². The highest BCUT2D eigenvalue weighted by Crippen LogP contribution is 2.21. The Labute approximate surface area is 202 Å². The minimum absolute atomic E-state index is 0.144. The Morgan fingerprint density at radius 1 is 1.09 bits per heavy atom. The summed E-state index contributed by atoms with van der Waals surface area (Å²) in [5.74, 6) is -1.43. The molecule has 35 heavy (non-hydrogen) atoms. The number of ether oxygens (including phenoxy) is 1. The van der Waals surface area contributed by atoms with Crippen molar-refractivity contribution in [3.8, 4) is 5.75 Å². The summed E-state index contributed by atoms with van der Waals surface area (Å²) in [4.78, 5) is 66.6. The molecule has 1 aromatic rings. The maximum absolute atomic E-state index is 13.1. The smallest absolute Gasteiger partial charge is 0.317 e. The van der Waals surface area contributed by atoms with Gasteiger partial charge in [-0.1, -0.05) is 12.1 Å². The minimum Gasteiger partial charge on any atom is -0.491 e. The zero-order valence-electron chi connectivity index (χ0n) is 19.4. The first-order valence-electron chi connectivity index (χ1n) is 11.8. The van der Waals surface area contributed by atoms with Crippen LogP contribution >= 0.6 is 0 Å². The number of amides is 6. The standard InChI is InChI=1S/C23H30N6O6/c30-19-14-16(21(32)24-7-11-28-12-8-26-23(28)34)27-20(31)15-4-1-2-6-18(15)35-13-9-25-22(33)17-5-3-10-29(17)19/h1-2,4,6,16-17H,3,5,7-14H2,(H,24,32)(H,25,33)(H,26,34)(H,27,31)/t16-,17-/m0/s1. The molecule has 2 atom stereocenters. The number of carbonyl (C=O) groups is 5. The van der Waals surface area contributed by atoms with Gasteiger partial charge in [0.05, 0.1) is 18.5 Å². The minimum atomic E-state index is -1.16. The highest BCUT2D eigenvalue weighted by atomic mass is 16.5. The maximum Gasteiger partial charge on any atom is 0.317 e. The first-order valence-corrected chi connectivity index (χ1v) is 11.8. The molecule has 2 saturated heterocycles. The molecule has 3 aliphatic heterocycles. The molecule has 1 aromatic carbocycles. The molecule has 0 aromatic heterocycles. The predicted octanol–water partition coefficient (Wildman–Crippen LogP) is -1.18. The fraction of sp³-hybridized carbons (Fsp3) is 0.522. The Bertz CT molecular complexity index is 1000. The second-order valence-corrected chi connectivity index (χ2v) is 8.62. The number of nitrogens with zero attached hydrogens (tertiary/aromatic N) is 2. The summed E-state index contributed by atoms with van der Waals surface area (Å²) in [6.45, 7) is 2.34. The third-order valence-electron chi connectivity index (χ3n) is 6.29. The predicted molar refractivity (Wildman–Crippen MR) is 124 cm³/mol. The fourth-order valence-corrected chi connectivity index (χ4v) is 4.47. The quantitative estimate of drug-likeness (QED) is 0.421. The van der Waals surface area contributed by atoms with Crippen LogP contribution in [0.2, 0.25) is 0 Å². The molecule has 0 saturated carbocycles. The Balaban J connectivity index is 1.51. The zero-order chi connectivity index (χ0) is 24.8. The number of hydrogen-bond donors (Lipinski definition) is 4. The molecule has 3 heterocycles. The van der Waals surface area contributed by atoms with Gasteiger partial charge in [-0.05, 0) is 25.0 Å². The van der Waals surface area contributed by atoms with Crippen LogP contribution in [0.5, 0.6) is 5.75 Å². The molecule has 6 amide bonds. The molecule has 12 heteroatoms. The SMILES string of the molecule is O=C1N[C@H](C(=O)NCCN2CCNC2=O)CC(=O)N2CCC[C@H]2C(=O)NCCOc2ccccc21. The van der Waals surface area contributed by atoms with Crippen LogP contribution in [0.1, 0.15) is 29.6 Å². The van der Waals surface area contributed by atoms with E-state index >= 15 is 0 Å². The number of carbonyl (C=O) groups excluding carboxylic acids is 5. The molecule has 3 aliphatic rings. The highest BCUT2D eigenvalue weighted by Gasteiger charge is 2.36. The Morgan fingerprint density at radius 3 is 2.71 bits per heavy atom. The maximum atomic E-state index is 13.1. The topological polar surface area (TPSA) is 149 Å². The van der Waals surface area contributed by atoms with Gasteiger partial charge < -0.3 is 35.8 Å². The van der Waals surface area contributed by atoms with Crippen LogP contribution in [0.3, 0.4) is 0 Å². The summed E-state index contributed by atoms with van der Waals surface area (Å²) in [5.41, 5.74) is 0.217. The number of nitrogens with one attached hydrogen (secondary N) is 4. The molecule has 12 nitrogen and oxygen atoms in total. The van der Waals surface area contributed by atoms with E-state index in [2.05, 4.69) is 21.3 Å². The third kappa shape index (κ3) is 5.81. The van der Waals surface area contributed by atoms with E-state index in [0.29, 0.717) is 44.8 Å². The second kappa shape index (κ2) is 11.1. The van der Waals surface area contributed by atoms with Gasteiger partial charge in [0.15, 0.2) is 0 Å². The van der Waals surface area contributed by atoms with Crippen molar-refractivity contribution in [1.29, 1.82) is 0 Å². The summed E-state index contributed by atoms with van der Waals surface area (Å²) in [6.07, 6.45) is 0.907. The number of fused-ring (bicyclic) bond motifs is 2. The molecular weight excluding hydrogens is 456 g/mol. The van der Waals surface area contributed by atoms with Crippen molar-refractivity contribution in [1.82, 2.24) is 31.1 Å². The van der Waals surface area contributed by atoms with Gasteiger partial charge in [0, 0.05) is 32.7 Å². The molecule has 0 radical (unpaired) electrons. The lowest BCUT2D eigenvalue weighted by Gasteiger charge is -2.27. The van der Waals surface area contributed by atoms with Gasteiger partial charge in [-0.15, -0.1) is 0 Å². The summed E-state index contributed by atoms with van der Waals surface area (Å²) in [6, 6.07) is 4.59. The number of benzene rings is 1. The van der Waals surface area contributed by atoms with Crippen molar-refractivity contribution in [2.24, 2.45) is 0 Å². The van der Waals surface area contributed by atoms with Gasteiger partial charge in [-0.3, -0.25) is 19.2 Å². The Morgan fingerprint density at radius 2 is 1.91 bits per heavy atom. The zero-order valence-corrected chi connectivity index (χ0v) is 19.4. The van der Waals surface area contributed by atoms with E-state index in [1.165, 1.54) is 4.90 Å². The van der Waals surface area contributed by atoms with Crippen molar-refractivity contribution in [3.05, 3.63) is 29.8 Å². The molecule has 0 unspecified atom stereocenters. The molecule has 0 bridgehead atoms. The highest BCUT2D eigenvalue weighted by molar-refractivity contribution is 6.01. The molecular formula is C23H30N6O6. The van der Waals surface area contributed by atoms with Gasteiger partial charge in [0.2, 0.25) is 17.7 Å². The van der Waals surface area contributed by atoms with Gasteiger partial charge in [-0.2, -0.15) is 0 Å². The Kier molecular flexibility index (Phi) is 7.68. The monoisotopic (exact) mass is 486 g/mol. The van der Waals surface area contributed by atoms with Gasteiger partial charge >= 0.3 is 6.03 Å². The first-order chi connectivity index (χ1) is 16.9. The number of para-hydroxylation sites is 1. The van der Waals surface area contributed by atoms with E-state index in [0.717, 1.165) is 0 Å². The second-order valence-electron chi connectivity index (χ2n) is 8.62. The van der Waals surface area contributed by atoms with Crippen LogP contribution in [0, 0.1) is 0 Å². The summed E-state index contributed by atoms with van der Waals surface area (Å²) in [7, 11) is 0. The number of hydrogen-bond acceptors (Lipinski definition) is 6. The van der Waals surface area contributed by atoms with Crippen LogP contribution in [0.25, 0.3) is 0 Å². The summed E-state index contributed by atoms with van der Waals surface area (Å²) < 4.78 is 5.71. The van der Waals surface area contributed by atoms with E-state index in [1.54, 1.807) is 29.2 Å². The van der Waals surface area contributed by atoms with E-state index in [9.17, 15) is 24.0 Å². The van der Waals surface area contributed by atoms with Gasteiger partial charge in [-0.25, -0.2) is 4.79 Å². The van der Waals surface area contributed by atoms with Crippen molar-refractivity contribution >= 4 is 29.7 Å². The molecule has 4 N–H and O–H groups in total. The molecule has 4 rings (SSSR count). The lowest BCUT2D eigenvalue weighted by atomic mass is 10.1. The number of rotatable bonds is 4. The van der Waals surface area contributed by atoms with Crippen molar-refractivity contribution in [2.45, 2.75) is 31.3 Å². The van der Waals surface area contributed by atoms with E-state index in [1.807, 2.05) is 0 Å². The van der Waals surface area contributed by atoms with Crippen LogP contribution < -0.4 is 26.0 Å². The van der Waals surface area contributed by atoms with E-state index < -0.39 is 23.9 Å². The molecule has 188 valence electrons. The van der Waals surface area contributed by atoms with Crippen LogP contribution in [-0.4, -0.2) is 97.4 Å². The average Bonchev–Trinajstić information content (AvgIpc) is 3.50. The van der Waals surface area contributed by atoms with Gasteiger partial charge in [0.25, 0.3) is 5.91 Å². The van der Waals surface area contributed by atoms with Crippen LogP contribution in [0.4, 0.5) is 4.79 Å². The van der Waals surface area contributed by atoms with Crippen molar-refractivity contribution in [2.75, 3.05) is 45.9 Å². The normalized spacial score (nSPS) is 23.3. The number of urea groups is 1. The summed E-state index contributed by atoms with van der Waals surface area (Å²) >= 11 is 0.